The van der Waals surface area contributed by atoms with Crippen LogP contribution in [0.2, 0.25) is 5.04 Å². The molecule has 1 aliphatic heterocycles. The molecule has 0 unspecified atom stereocenters. The Labute approximate surface area is 183 Å². The highest BCUT2D eigenvalue weighted by atomic mass is 28.4. The molecule has 1 fully saturated rings. The van der Waals surface area contributed by atoms with Gasteiger partial charge in [-0.2, -0.15) is 0 Å². The zero-order valence-electron chi connectivity index (χ0n) is 18.7. The van der Waals surface area contributed by atoms with E-state index in [-0.39, 0.29) is 11.1 Å². The molecule has 1 heterocycles. The summed E-state index contributed by atoms with van der Waals surface area (Å²) in [6.07, 6.45) is 6.05. The maximum Gasteiger partial charge on any atom is 0.261 e. The summed E-state index contributed by atoms with van der Waals surface area (Å²) in [5.74, 6) is 0.923. The third kappa shape index (κ3) is 4.54. The highest BCUT2D eigenvalue weighted by molar-refractivity contribution is 6.99. The lowest BCUT2D eigenvalue weighted by atomic mass is 9.86. The van der Waals surface area contributed by atoms with E-state index >= 15 is 0 Å². The number of ether oxygens (including phenoxy) is 1. The van der Waals surface area contributed by atoms with Gasteiger partial charge in [-0.1, -0.05) is 93.6 Å². The maximum absolute atomic E-state index is 7.11. The Kier molecular flexibility index (Phi) is 7.51. The Hall–Kier alpha value is -1.94. The van der Waals surface area contributed by atoms with Crippen molar-refractivity contribution in [1.29, 1.82) is 0 Å². The predicted molar refractivity (Wildman–Crippen MR) is 130 cm³/mol. The monoisotopic (exact) mass is 420 g/mol. The highest BCUT2D eigenvalue weighted by Crippen LogP contribution is 2.39. The van der Waals surface area contributed by atoms with E-state index in [1.165, 1.54) is 10.4 Å². The van der Waals surface area contributed by atoms with Crippen molar-refractivity contribution in [2.24, 2.45) is 11.8 Å². The molecule has 1 aliphatic rings. The lowest BCUT2D eigenvalue weighted by Gasteiger charge is -2.43. The van der Waals surface area contributed by atoms with Gasteiger partial charge in [0.25, 0.3) is 8.32 Å². The molecule has 0 aromatic heterocycles. The van der Waals surface area contributed by atoms with Gasteiger partial charge >= 0.3 is 0 Å². The van der Waals surface area contributed by atoms with Crippen molar-refractivity contribution in [2.45, 2.75) is 44.8 Å². The zero-order chi connectivity index (χ0) is 21.6. The molecule has 0 aliphatic carbocycles. The average Bonchev–Trinajstić information content (AvgIpc) is 3.11. The van der Waals surface area contributed by atoms with Crippen LogP contribution in [0, 0.1) is 11.8 Å². The van der Waals surface area contributed by atoms with Gasteiger partial charge in [0.15, 0.2) is 0 Å². The highest BCUT2D eigenvalue weighted by Gasteiger charge is 2.51. The number of hydrogen-bond acceptors (Lipinski definition) is 2. The normalized spacial score (nSPS) is 22.0. The standard InChI is InChI=1S/C27H36O2Si/c1-6-14-22-20-28-26(25(22)15-7-2)21-29-30(27(3,4)5,23-16-10-8-11-17-23)24-18-12-9-13-19-24/h6-13,16-19,22,25-26H,1-2,14-15,20-21H2,3-5H3/t22-,25+,26+/m0/s1. The van der Waals surface area contributed by atoms with E-state index < -0.39 is 8.32 Å². The van der Waals surface area contributed by atoms with Crippen LogP contribution in [-0.2, 0) is 9.16 Å². The van der Waals surface area contributed by atoms with E-state index in [1.807, 2.05) is 12.2 Å². The largest absolute Gasteiger partial charge is 0.405 e. The van der Waals surface area contributed by atoms with Gasteiger partial charge in [-0.15, -0.1) is 13.2 Å². The van der Waals surface area contributed by atoms with Gasteiger partial charge in [0.2, 0.25) is 0 Å². The topological polar surface area (TPSA) is 18.5 Å². The van der Waals surface area contributed by atoms with Gasteiger partial charge in [-0.25, -0.2) is 0 Å². The lowest BCUT2D eigenvalue weighted by molar-refractivity contribution is 0.0456. The van der Waals surface area contributed by atoms with Crippen LogP contribution in [-0.4, -0.2) is 27.6 Å². The van der Waals surface area contributed by atoms with Crippen molar-refractivity contribution in [1.82, 2.24) is 0 Å². The van der Waals surface area contributed by atoms with Gasteiger partial charge in [0.05, 0.1) is 19.3 Å². The summed E-state index contributed by atoms with van der Waals surface area (Å²) in [5.41, 5.74) is 0. The summed E-state index contributed by atoms with van der Waals surface area (Å²) in [4.78, 5) is 0. The fraction of sp³-hybridized carbons (Fsp3) is 0.407. The molecule has 2 nitrogen and oxygen atoms in total. The molecule has 0 spiro atoms. The van der Waals surface area contributed by atoms with Crippen molar-refractivity contribution in [3.63, 3.8) is 0 Å². The van der Waals surface area contributed by atoms with Crippen molar-refractivity contribution in [2.75, 3.05) is 13.2 Å². The van der Waals surface area contributed by atoms with E-state index in [4.69, 9.17) is 9.16 Å². The van der Waals surface area contributed by atoms with E-state index in [9.17, 15) is 0 Å². The Morgan fingerprint density at radius 3 is 1.93 bits per heavy atom. The Morgan fingerprint density at radius 2 is 1.47 bits per heavy atom. The van der Waals surface area contributed by atoms with E-state index in [0.717, 1.165) is 19.4 Å². The van der Waals surface area contributed by atoms with Gasteiger partial charge < -0.3 is 9.16 Å². The molecule has 0 N–H and O–H groups in total. The summed E-state index contributed by atoms with van der Waals surface area (Å²) >= 11 is 0. The minimum atomic E-state index is -2.54. The molecular weight excluding hydrogens is 384 g/mol. The third-order valence-electron chi connectivity index (χ3n) is 6.40. The molecule has 1 saturated heterocycles. The van der Waals surface area contributed by atoms with E-state index in [1.54, 1.807) is 0 Å². The minimum Gasteiger partial charge on any atom is -0.405 e. The van der Waals surface area contributed by atoms with Crippen molar-refractivity contribution in [3.05, 3.63) is 86.0 Å². The Bertz CT molecular complexity index is 770. The second-order valence-corrected chi connectivity index (χ2v) is 13.6. The molecule has 0 saturated carbocycles. The van der Waals surface area contributed by atoms with Crippen LogP contribution in [0.1, 0.15) is 33.6 Å². The van der Waals surface area contributed by atoms with Crippen LogP contribution in [0.15, 0.2) is 86.0 Å². The van der Waals surface area contributed by atoms with Gasteiger partial charge in [0, 0.05) is 0 Å². The van der Waals surface area contributed by atoms with Crippen molar-refractivity contribution >= 4 is 18.7 Å². The zero-order valence-corrected chi connectivity index (χ0v) is 19.7. The summed E-state index contributed by atoms with van der Waals surface area (Å²) in [6, 6.07) is 21.6. The van der Waals surface area contributed by atoms with Gasteiger partial charge in [-0.05, 0) is 40.1 Å². The lowest BCUT2D eigenvalue weighted by Crippen LogP contribution is -2.67. The summed E-state index contributed by atoms with van der Waals surface area (Å²) in [7, 11) is -2.54. The number of allylic oxidation sites excluding steroid dienone is 2. The quantitative estimate of drug-likeness (QED) is 0.402. The number of rotatable bonds is 9. The van der Waals surface area contributed by atoms with Crippen LogP contribution in [0.4, 0.5) is 0 Å². The molecule has 30 heavy (non-hydrogen) atoms. The first kappa shape index (κ1) is 22.7. The van der Waals surface area contributed by atoms with Crippen LogP contribution < -0.4 is 10.4 Å². The molecule has 160 valence electrons. The SMILES string of the molecule is C=CC[C@H]1CO[C@H](CO[Si](c2ccccc2)(c2ccccc2)C(C)(C)C)[C@@H]1CC=C. The fourth-order valence-electron chi connectivity index (χ4n) is 4.93. The molecule has 3 rings (SSSR count). The summed E-state index contributed by atoms with van der Waals surface area (Å²) in [6.45, 7) is 16.3. The smallest absolute Gasteiger partial charge is 0.261 e. The molecule has 0 radical (unpaired) electrons. The van der Waals surface area contributed by atoms with Gasteiger partial charge in [-0.3, -0.25) is 0 Å². The molecule has 2 aromatic carbocycles. The second kappa shape index (κ2) is 9.91. The predicted octanol–water partition coefficient (Wildman–Crippen LogP) is 5.35. The first-order valence-electron chi connectivity index (χ1n) is 11.0. The molecule has 0 bridgehead atoms. The molecule has 2 aromatic rings. The minimum absolute atomic E-state index is 0.0250. The van der Waals surface area contributed by atoms with Gasteiger partial charge in [0.1, 0.15) is 0 Å². The van der Waals surface area contributed by atoms with Crippen molar-refractivity contribution in [3.8, 4) is 0 Å². The first-order valence-corrected chi connectivity index (χ1v) is 12.9. The maximum atomic E-state index is 7.11. The molecule has 0 amide bonds. The third-order valence-corrected chi connectivity index (χ3v) is 11.4. The molecular formula is C27H36O2Si. The molecule has 3 atom stereocenters. The summed E-state index contributed by atoms with van der Waals surface area (Å²) < 4.78 is 13.4. The van der Waals surface area contributed by atoms with Crippen LogP contribution in [0.3, 0.4) is 0 Å². The number of benzene rings is 2. The average molecular weight is 421 g/mol. The summed E-state index contributed by atoms with van der Waals surface area (Å²) in [5, 5.41) is 2.59. The van der Waals surface area contributed by atoms with Crippen LogP contribution in [0.5, 0.6) is 0 Å². The van der Waals surface area contributed by atoms with Crippen LogP contribution >= 0.6 is 0 Å². The fourth-order valence-corrected chi connectivity index (χ4v) is 9.50. The number of hydrogen-bond donors (Lipinski definition) is 0. The Morgan fingerprint density at radius 1 is 0.933 bits per heavy atom. The first-order chi connectivity index (χ1) is 14.4. The van der Waals surface area contributed by atoms with E-state index in [0.29, 0.717) is 18.4 Å². The van der Waals surface area contributed by atoms with Crippen molar-refractivity contribution < 1.29 is 9.16 Å². The Balaban J connectivity index is 1.98. The van der Waals surface area contributed by atoms with Crippen LogP contribution in [0.25, 0.3) is 0 Å². The second-order valence-electron chi connectivity index (χ2n) is 9.32. The van der Waals surface area contributed by atoms with E-state index in [2.05, 4.69) is 94.6 Å². The molecule has 3 heteroatoms.